The van der Waals surface area contributed by atoms with E-state index in [1.807, 2.05) is 13.8 Å². The first kappa shape index (κ1) is 23.8. The molecule has 1 saturated carbocycles. The number of aromatic nitrogens is 2. The molecular formula is C22H30N4O5S. The summed E-state index contributed by atoms with van der Waals surface area (Å²) in [6, 6.07) is 6.24. The molecule has 32 heavy (non-hydrogen) atoms. The second kappa shape index (κ2) is 9.32. The molecule has 0 atom stereocenters. The van der Waals surface area contributed by atoms with E-state index >= 15 is 0 Å². The quantitative estimate of drug-likeness (QED) is 0.571. The molecule has 9 nitrogen and oxygen atoms in total. The van der Waals surface area contributed by atoms with Crippen LogP contribution in [0.4, 0.5) is 11.5 Å². The summed E-state index contributed by atoms with van der Waals surface area (Å²) in [4.78, 5) is 38.0. The summed E-state index contributed by atoms with van der Waals surface area (Å²) in [7, 11) is -2.04. The Morgan fingerprint density at radius 2 is 1.75 bits per heavy atom. The van der Waals surface area contributed by atoms with Crippen molar-refractivity contribution in [3.05, 3.63) is 50.7 Å². The maximum absolute atomic E-state index is 12.8. The number of nitrogens with zero attached hydrogens (tertiary/aromatic N) is 2. The Morgan fingerprint density at radius 1 is 1.16 bits per heavy atom. The Labute approximate surface area is 187 Å². The lowest BCUT2D eigenvalue weighted by Crippen LogP contribution is -2.43. The van der Waals surface area contributed by atoms with Gasteiger partial charge in [-0.15, -0.1) is 0 Å². The van der Waals surface area contributed by atoms with Crippen LogP contribution in [0.5, 0.6) is 0 Å². The molecule has 0 amide bonds. The molecule has 1 fully saturated rings. The highest BCUT2D eigenvalue weighted by Gasteiger charge is 2.30. The fourth-order valence-corrected chi connectivity index (χ4v) is 5.87. The van der Waals surface area contributed by atoms with E-state index in [0.29, 0.717) is 18.5 Å². The van der Waals surface area contributed by atoms with Gasteiger partial charge in [-0.2, -0.15) is 0 Å². The molecule has 0 radical (unpaired) electrons. The number of nitrogens with two attached hydrogens (primary N) is 1. The Hall–Kier alpha value is -2.88. The third kappa shape index (κ3) is 4.64. The van der Waals surface area contributed by atoms with E-state index in [1.54, 1.807) is 12.1 Å². The van der Waals surface area contributed by atoms with Gasteiger partial charge in [0.2, 0.25) is 0 Å². The average Bonchev–Trinajstić information content (AvgIpc) is 3.30. The number of carbonyl (C=O) groups excluding carboxylic acids is 1. The van der Waals surface area contributed by atoms with Crippen LogP contribution >= 0.6 is 0 Å². The lowest BCUT2D eigenvalue weighted by Gasteiger charge is -2.16. The predicted molar refractivity (Wildman–Crippen MR) is 124 cm³/mol. The molecule has 1 aliphatic carbocycles. The molecule has 2 aromatic rings. The molecule has 0 unspecified atom stereocenters. The van der Waals surface area contributed by atoms with Crippen LogP contribution in [0.25, 0.3) is 0 Å². The maximum Gasteiger partial charge on any atom is 0.332 e. The molecule has 3 N–H and O–H groups in total. The van der Waals surface area contributed by atoms with Gasteiger partial charge in [0, 0.05) is 19.3 Å². The van der Waals surface area contributed by atoms with Crippen molar-refractivity contribution in [2.75, 3.05) is 17.6 Å². The SMILES string of the molecule is CC(C)Cn1c(N)c(C(=O)CNc2ccc(S(=O)(=O)C3CCCC3)cc2)c(=O)n(C)c1=O. The lowest BCUT2D eigenvalue weighted by molar-refractivity contribution is 0.100. The van der Waals surface area contributed by atoms with E-state index in [-0.39, 0.29) is 40.5 Å². The Kier molecular flexibility index (Phi) is 6.92. The zero-order valence-corrected chi connectivity index (χ0v) is 19.4. The van der Waals surface area contributed by atoms with E-state index in [1.165, 1.54) is 23.7 Å². The van der Waals surface area contributed by atoms with Crippen LogP contribution in [0.3, 0.4) is 0 Å². The van der Waals surface area contributed by atoms with E-state index < -0.39 is 26.9 Å². The first-order chi connectivity index (χ1) is 15.0. The second-order valence-electron chi connectivity index (χ2n) is 8.66. The molecule has 1 aliphatic rings. The molecular weight excluding hydrogens is 432 g/mol. The van der Waals surface area contributed by atoms with Gasteiger partial charge in [-0.1, -0.05) is 26.7 Å². The van der Waals surface area contributed by atoms with Gasteiger partial charge in [0.25, 0.3) is 5.56 Å². The largest absolute Gasteiger partial charge is 0.384 e. The lowest BCUT2D eigenvalue weighted by atomic mass is 10.1. The summed E-state index contributed by atoms with van der Waals surface area (Å²) in [5, 5.41) is 2.57. The number of anilines is 2. The highest BCUT2D eigenvalue weighted by atomic mass is 32.2. The minimum Gasteiger partial charge on any atom is -0.384 e. The molecule has 0 aliphatic heterocycles. The average molecular weight is 463 g/mol. The number of benzene rings is 1. The van der Waals surface area contributed by atoms with Crippen LogP contribution in [0, 0.1) is 5.92 Å². The van der Waals surface area contributed by atoms with Crippen molar-refractivity contribution < 1.29 is 13.2 Å². The van der Waals surface area contributed by atoms with Gasteiger partial charge in [-0.3, -0.25) is 18.7 Å². The number of hydrogen-bond acceptors (Lipinski definition) is 7. The summed E-state index contributed by atoms with van der Waals surface area (Å²) in [5.41, 5.74) is 5.03. The number of nitrogen functional groups attached to an aromatic ring is 1. The predicted octanol–water partition coefficient (Wildman–Crippen LogP) is 1.80. The smallest absolute Gasteiger partial charge is 0.332 e. The summed E-state index contributed by atoms with van der Waals surface area (Å²) >= 11 is 0. The van der Waals surface area contributed by atoms with Crippen LogP contribution in [-0.4, -0.2) is 35.1 Å². The molecule has 1 aromatic carbocycles. The summed E-state index contributed by atoms with van der Waals surface area (Å²) in [5.74, 6) is -0.604. The highest BCUT2D eigenvalue weighted by Crippen LogP contribution is 2.30. The number of carbonyl (C=O) groups is 1. The number of Topliss-reactive ketones (excluding diaryl/α,β-unsaturated/α-hetero) is 1. The minimum atomic E-state index is -3.35. The minimum absolute atomic E-state index is 0.0904. The van der Waals surface area contributed by atoms with Crippen LogP contribution in [0.1, 0.15) is 49.9 Å². The van der Waals surface area contributed by atoms with Gasteiger partial charge in [-0.05, 0) is 43.0 Å². The molecule has 0 bridgehead atoms. The Morgan fingerprint density at radius 3 is 2.31 bits per heavy atom. The third-order valence-electron chi connectivity index (χ3n) is 5.79. The van der Waals surface area contributed by atoms with Crippen LogP contribution < -0.4 is 22.3 Å². The van der Waals surface area contributed by atoms with E-state index in [4.69, 9.17) is 5.73 Å². The van der Waals surface area contributed by atoms with Crippen molar-refractivity contribution in [3.63, 3.8) is 0 Å². The van der Waals surface area contributed by atoms with Gasteiger partial charge in [0.1, 0.15) is 11.4 Å². The van der Waals surface area contributed by atoms with Crippen LogP contribution in [0.15, 0.2) is 38.8 Å². The number of rotatable bonds is 8. The summed E-state index contributed by atoms with van der Waals surface area (Å²) in [6.07, 6.45) is 3.23. The zero-order chi connectivity index (χ0) is 23.6. The van der Waals surface area contributed by atoms with Crippen molar-refractivity contribution >= 4 is 27.1 Å². The van der Waals surface area contributed by atoms with Crippen molar-refractivity contribution in [2.24, 2.45) is 13.0 Å². The van der Waals surface area contributed by atoms with E-state index in [9.17, 15) is 22.8 Å². The van der Waals surface area contributed by atoms with Crippen molar-refractivity contribution in [1.29, 1.82) is 0 Å². The molecule has 0 saturated heterocycles. The summed E-state index contributed by atoms with van der Waals surface area (Å²) < 4.78 is 27.5. The molecule has 10 heteroatoms. The van der Waals surface area contributed by atoms with Crippen molar-refractivity contribution in [2.45, 2.75) is 56.2 Å². The van der Waals surface area contributed by atoms with Crippen LogP contribution in [0.2, 0.25) is 0 Å². The first-order valence-electron chi connectivity index (χ1n) is 10.7. The van der Waals surface area contributed by atoms with Crippen molar-refractivity contribution in [3.8, 4) is 0 Å². The van der Waals surface area contributed by atoms with Gasteiger partial charge >= 0.3 is 5.69 Å². The number of sulfone groups is 1. The first-order valence-corrected chi connectivity index (χ1v) is 12.3. The summed E-state index contributed by atoms with van der Waals surface area (Å²) in [6.45, 7) is 3.85. The molecule has 174 valence electrons. The van der Waals surface area contributed by atoms with Gasteiger partial charge < -0.3 is 11.1 Å². The highest BCUT2D eigenvalue weighted by molar-refractivity contribution is 7.92. The maximum atomic E-state index is 12.8. The van der Waals surface area contributed by atoms with Gasteiger partial charge in [0.05, 0.1) is 16.7 Å². The zero-order valence-electron chi connectivity index (χ0n) is 18.6. The second-order valence-corrected chi connectivity index (χ2v) is 10.9. The van der Waals surface area contributed by atoms with Crippen LogP contribution in [-0.2, 0) is 23.4 Å². The third-order valence-corrected chi connectivity index (χ3v) is 8.07. The van der Waals surface area contributed by atoms with Gasteiger partial charge in [-0.25, -0.2) is 13.2 Å². The van der Waals surface area contributed by atoms with E-state index in [2.05, 4.69) is 5.32 Å². The standard InChI is InChI=1S/C22H30N4O5S/c1-14(2)13-26-20(23)19(21(28)25(3)22(26)29)18(27)12-24-15-8-10-17(11-9-15)32(30,31)16-6-4-5-7-16/h8-11,14,16,24H,4-7,12-13,23H2,1-3H3. The molecule has 1 heterocycles. The Balaban J connectivity index is 1.78. The van der Waals surface area contributed by atoms with Crippen molar-refractivity contribution in [1.82, 2.24) is 9.13 Å². The van der Waals surface area contributed by atoms with E-state index in [0.717, 1.165) is 17.4 Å². The van der Waals surface area contributed by atoms with Gasteiger partial charge in [0.15, 0.2) is 15.6 Å². The number of ketones is 1. The fourth-order valence-electron chi connectivity index (χ4n) is 4.01. The molecule has 3 rings (SSSR count). The number of nitrogens with one attached hydrogen (secondary N) is 1. The monoisotopic (exact) mass is 462 g/mol. The topological polar surface area (TPSA) is 133 Å². The fraction of sp³-hybridized carbons (Fsp3) is 0.500. The Bertz CT molecular complexity index is 1220. The number of hydrogen-bond donors (Lipinski definition) is 2. The normalized spacial score (nSPS) is 14.8. The molecule has 0 spiro atoms. The molecule has 1 aromatic heterocycles.